The predicted molar refractivity (Wildman–Crippen MR) is 113 cm³/mol. The van der Waals surface area contributed by atoms with Gasteiger partial charge < -0.3 is 10.0 Å². The molecule has 1 atom stereocenters. The third-order valence-corrected chi connectivity index (χ3v) is 5.14. The van der Waals surface area contributed by atoms with Gasteiger partial charge in [0.1, 0.15) is 0 Å². The van der Waals surface area contributed by atoms with Gasteiger partial charge in [0.25, 0.3) is 0 Å². The van der Waals surface area contributed by atoms with E-state index in [9.17, 15) is 9.59 Å². The van der Waals surface area contributed by atoms with Crippen molar-refractivity contribution >= 4 is 39.2 Å². The molecule has 0 radical (unpaired) electrons. The highest BCUT2D eigenvalue weighted by atomic mass is 79.9. The van der Waals surface area contributed by atoms with Crippen molar-refractivity contribution in [3.05, 3.63) is 64.1 Å². The number of nitrogens with zero attached hydrogens (tertiary/aromatic N) is 3. The van der Waals surface area contributed by atoms with E-state index in [0.717, 1.165) is 27.0 Å². The highest BCUT2D eigenvalue weighted by molar-refractivity contribution is 9.10. The molecule has 1 amide bonds. The molecule has 2 aromatic rings. The fourth-order valence-corrected chi connectivity index (χ4v) is 3.58. The number of rotatable bonds is 6. The number of halogens is 1. The van der Waals surface area contributed by atoms with Crippen molar-refractivity contribution in [3.8, 4) is 0 Å². The molecule has 0 aliphatic carbocycles. The first-order valence-corrected chi connectivity index (χ1v) is 9.79. The molecule has 7 heteroatoms. The van der Waals surface area contributed by atoms with Gasteiger partial charge in [-0.3, -0.25) is 9.59 Å². The van der Waals surface area contributed by atoms with E-state index in [2.05, 4.69) is 21.0 Å². The van der Waals surface area contributed by atoms with Crippen LogP contribution in [0.1, 0.15) is 36.4 Å². The number of hydrazone groups is 1. The zero-order valence-corrected chi connectivity index (χ0v) is 17.4. The molecule has 0 saturated heterocycles. The second-order valence-electron chi connectivity index (χ2n) is 6.90. The van der Waals surface area contributed by atoms with Gasteiger partial charge in [0.15, 0.2) is 0 Å². The van der Waals surface area contributed by atoms with Crippen molar-refractivity contribution in [2.45, 2.75) is 25.3 Å². The van der Waals surface area contributed by atoms with Gasteiger partial charge in [-0.2, -0.15) is 5.10 Å². The quantitative estimate of drug-likeness (QED) is 0.730. The number of carboxylic acids is 1. The molecule has 28 heavy (non-hydrogen) atoms. The van der Waals surface area contributed by atoms with E-state index in [1.165, 1.54) is 5.01 Å². The van der Waals surface area contributed by atoms with Gasteiger partial charge in [-0.15, -0.1) is 0 Å². The van der Waals surface area contributed by atoms with Crippen LogP contribution in [-0.2, 0) is 9.59 Å². The third kappa shape index (κ3) is 4.59. The van der Waals surface area contributed by atoms with Gasteiger partial charge in [0, 0.05) is 37.1 Å². The summed E-state index contributed by atoms with van der Waals surface area (Å²) in [5, 5.41) is 15.0. The minimum atomic E-state index is -0.991. The van der Waals surface area contributed by atoms with Crippen LogP contribution in [-0.4, -0.2) is 41.8 Å². The van der Waals surface area contributed by atoms with Crippen LogP contribution < -0.4 is 4.90 Å². The summed E-state index contributed by atoms with van der Waals surface area (Å²) in [4.78, 5) is 25.6. The first-order valence-electron chi connectivity index (χ1n) is 8.99. The Labute approximate surface area is 172 Å². The monoisotopic (exact) mass is 443 g/mol. The van der Waals surface area contributed by atoms with Crippen LogP contribution in [0.2, 0.25) is 0 Å². The molecule has 1 aliphatic rings. The average molecular weight is 444 g/mol. The van der Waals surface area contributed by atoms with Crippen LogP contribution in [0.25, 0.3) is 0 Å². The summed E-state index contributed by atoms with van der Waals surface area (Å²) in [5.41, 5.74) is 3.76. The normalized spacial score (nSPS) is 16.0. The summed E-state index contributed by atoms with van der Waals surface area (Å²) in [6.45, 7) is 0. The van der Waals surface area contributed by atoms with Crippen LogP contribution in [0.15, 0.2) is 58.1 Å². The standard InChI is InChI=1S/C21H22BrN3O3/c1-24(2)17-8-4-6-15(12-17)19-13-18(14-5-3-7-16(22)11-14)23-25(19)20(26)9-10-21(27)28/h3-8,11-12,19H,9-10,13H2,1-2H3,(H,27,28)/t19-/m1/s1. The topological polar surface area (TPSA) is 73.2 Å². The number of amides is 1. The van der Waals surface area contributed by atoms with Crippen LogP contribution in [0, 0.1) is 0 Å². The fourth-order valence-electron chi connectivity index (χ4n) is 3.18. The molecular weight excluding hydrogens is 422 g/mol. The molecule has 0 aromatic heterocycles. The van der Waals surface area contributed by atoms with E-state index >= 15 is 0 Å². The van der Waals surface area contributed by atoms with Crippen molar-refractivity contribution < 1.29 is 14.7 Å². The highest BCUT2D eigenvalue weighted by Crippen LogP contribution is 2.35. The lowest BCUT2D eigenvalue weighted by atomic mass is 9.97. The second kappa shape index (κ2) is 8.56. The van der Waals surface area contributed by atoms with Crippen molar-refractivity contribution in [1.82, 2.24) is 5.01 Å². The van der Waals surface area contributed by atoms with Crippen LogP contribution in [0.3, 0.4) is 0 Å². The summed E-state index contributed by atoms with van der Waals surface area (Å²) in [6.07, 6.45) is 0.294. The van der Waals surface area contributed by atoms with E-state index in [1.807, 2.05) is 67.5 Å². The Morgan fingerprint density at radius 2 is 1.93 bits per heavy atom. The Morgan fingerprint density at radius 3 is 2.61 bits per heavy atom. The fraction of sp³-hybridized carbons (Fsp3) is 0.286. The van der Waals surface area contributed by atoms with E-state index in [-0.39, 0.29) is 24.8 Å². The van der Waals surface area contributed by atoms with Crippen LogP contribution >= 0.6 is 15.9 Å². The first-order chi connectivity index (χ1) is 13.3. The minimum absolute atomic E-state index is 0.0749. The Hall–Kier alpha value is -2.67. The summed E-state index contributed by atoms with van der Waals surface area (Å²) < 4.78 is 0.939. The van der Waals surface area contributed by atoms with E-state index in [0.29, 0.717) is 6.42 Å². The highest BCUT2D eigenvalue weighted by Gasteiger charge is 2.33. The van der Waals surface area contributed by atoms with E-state index < -0.39 is 5.97 Å². The molecule has 0 fully saturated rings. The molecule has 1 aliphatic heterocycles. The van der Waals surface area contributed by atoms with E-state index in [4.69, 9.17) is 5.11 Å². The summed E-state index contributed by atoms with van der Waals surface area (Å²) in [6, 6.07) is 15.5. The third-order valence-electron chi connectivity index (χ3n) is 4.65. The lowest BCUT2D eigenvalue weighted by molar-refractivity contribution is -0.141. The van der Waals surface area contributed by atoms with Crippen LogP contribution in [0.4, 0.5) is 5.69 Å². The van der Waals surface area contributed by atoms with Gasteiger partial charge >= 0.3 is 5.97 Å². The number of carbonyl (C=O) groups is 2. The molecule has 146 valence electrons. The SMILES string of the molecule is CN(C)c1cccc([C@H]2CC(c3cccc(Br)c3)=NN2C(=O)CCC(=O)O)c1. The maximum absolute atomic E-state index is 12.7. The Bertz CT molecular complexity index is 927. The van der Waals surface area contributed by atoms with Crippen molar-refractivity contribution in [1.29, 1.82) is 0 Å². The van der Waals surface area contributed by atoms with Gasteiger partial charge in [-0.05, 0) is 35.4 Å². The maximum atomic E-state index is 12.7. The second-order valence-corrected chi connectivity index (χ2v) is 7.81. The average Bonchev–Trinajstić information content (AvgIpc) is 3.12. The maximum Gasteiger partial charge on any atom is 0.303 e. The summed E-state index contributed by atoms with van der Waals surface area (Å²) >= 11 is 3.47. The number of anilines is 1. The number of carbonyl (C=O) groups excluding carboxylic acids is 1. The summed E-state index contributed by atoms with van der Waals surface area (Å²) in [7, 11) is 3.93. The molecule has 3 rings (SSSR count). The molecular formula is C21H22BrN3O3. The number of benzene rings is 2. The van der Waals surface area contributed by atoms with Gasteiger partial charge in [0.05, 0.1) is 18.2 Å². The van der Waals surface area contributed by atoms with Gasteiger partial charge in [-0.1, -0.05) is 40.2 Å². The smallest absolute Gasteiger partial charge is 0.303 e. The Kier molecular flexibility index (Phi) is 6.14. The zero-order valence-electron chi connectivity index (χ0n) is 15.8. The van der Waals surface area contributed by atoms with Gasteiger partial charge in [-0.25, -0.2) is 5.01 Å². The zero-order chi connectivity index (χ0) is 20.3. The van der Waals surface area contributed by atoms with Crippen molar-refractivity contribution in [2.75, 3.05) is 19.0 Å². The number of hydrogen-bond acceptors (Lipinski definition) is 4. The molecule has 1 N–H and O–H groups in total. The molecule has 0 unspecified atom stereocenters. The molecule has 6 nitrogen and oxygen atoms in total. The molecule has 0 saturated carbocycles. The first kappa shape index (κ1) is 20.1. The molecule has 0 spiro atoms. The Balaban J connectivity index is 1.94. The lowest BCUT2D eigenvalue weighted by Gasteiger charge is -2.23. The molecule has 0 bridgehead atoms. The van der Waals surface area contributed by atoms with Gasteiger partial charge in [0.2, 0.25) is 5.91 Å². The lowest BCUT2D eigenvalue weighted by Crippen LogP contribution is -2.27. The van der Waals surface area contributed by atoms with Crippen molar-refractivity contribution in [3.63, 3.8) is 0 Å². The van der Waals surface area contributed by atoms with Crippen LogP contribution in [0.5, 0.6) is 0 Å². The summed E-state index contributed by atoms with van der Waals surface area (Å²) in [5.74, 6) is -1.28. The molecule has 1 heterocycles. The largest absolute Gasteiger partial charge is 0.481 e. The minimum Gasteiger partial charge on any atom is -0.481 e. The van der Waals surface area contributed by atoms with Crippen molar-refractivity contribution in [2.24, 2.45) is 5.10 Å². The number of aliphatic carboxylic acids is 1. The Morgan fingerprint density at radius 1 is 1.18 bits per heavy atom. The number of carboxylic acid groups (broad SMARTS) is 1. The number of hydrogen-bond donors (Lipinski definition) is 1. The van der Waals surface area contributed by atoms with E-state index in [1.54, 1.807) is 0 Å². The predicted octanol–water partition coefficient (Wildman–Crippen LogP) is 4.06. The molecule has 2 aromatic carbocycles.